The number of piperidine rings is 1. The minimum absolute atomic E-state index is 0.0649. The van der Waals surface area contributed by atoms with Crippen molar-refractivity contribution in [1.29, 1.82) is 0 Å². The summed E-state index contributed by atoms with van der Waals surface area (Å²) in [6.45, 7) is 3.37. The zero-order chi connectivity index (χ0) is 17.3. The lowest BCUT2D eigenvalue weighted by Crippen LogP contribution is -2.50. The number of nitrogens with zero attached hydrogens (tertiary/aromatic N) is 3. The number of hydrogen-bond acceptors (Lipinski definition) is 5. The van der Waals surface area contributed by atoms with Gasteiger partial charge in [-0.05, 0) is 31.5 Å². The third-order valence-electron chi connectivity index (χ3n) is 5.06. The molecule has 7 nitrogen and oxygen atoms in total. The first-order chi connectivity index (χ1) is 11.4. The second-order valence-corrected chi connectivity index (χ2v) is 9.15. The van der Waals surface area contributed by atoms with E-state index < -0.39 is 10.2 Å². The second kappa shape index (κ2) is 7.13. The molecule has 2 aliphatic rings. The maximum Gasteiger partial charge on any atom is 0.281 e. The fourth-order valence-corrected chi connectivity index (χ4v) is 4.83. The first kappa shape index (κ1) is 17.9. The van der Waals surface area contributed by atoms with Crippen LogP contribution in [0.3, 0.4) is 0 Å². The van der Waals surface area contributed by atoms with Crippen LogP contribution in [0.5, 0.6) is 0 Å². The summed E-state index contributed by atoms with van der Waals surface area (Å²) < 4.78 is 39.1. The van der Waals surface area contributed by atoms with Gasteiger partial charge in [-0.25, -0.2) is 0 Å². The van der Waals surface area contributed by atoms with E-state index >= 15 is 0 Å². The number of furan rings is 1. The van der Waals surface area contributed by atoms with Gasteiger partial charge in [0.1, 0.15) is 5.76 Å². The lowest BCUT2D eigenvalue weighted by Gasteiger charge is -2.37. The van der Waals surface area contributed by atoms with E-state index in [9.17, 15) is 8.42 Å². The van der Waals surface area contributed by atoms with Crippen LogP contribution < -0.4 is 0 Å². The van der Waals surface area contributed by atoms with Crippen molar-refractivity contribution in [1.82, 2.24) is 13.5 Å². The Morgan fingerprint density at radius 3 is 2.79 bits per heavy atom. The van der Waals surface area contributed by atoms with Gasteiger partial charge in [0.05, 0.1) is 25.5 Å². The van der Waals surface area contributed by atoms with Crippen molar-refractivity contribution in [3.8, 4) is 0 Å². The molecule has 3 rings (SSSR count). The molecule has 0 unspecified atom stereocenters. The fourth-order valence-electron chi connectivity index (χ4n) is 3.67. The Labute approximate surface area is 144 Å². The molecule has 2 saturated heterocycles. The highest BCUT2D eigenvalue weighted by molar-refractivity contribution is 7.86. The number of fused-ring (bicyclic) bond motifs is 1. The van der Waals surface area contributed by atoms with Crippen LogP contribution in [0.1, 0.15) is 12.2 Å². The molecule has 8 heteroatoms. The molecule has 3 heterocycles. The molecule has 24 heavy (non-hydrogen) atoms. The van der Waals surface area contributed by atoms with Crippen LogP contribution in [0.15, 0.2) is 22.8 Å². The highest BCUT2D eigenvalue weighted by Gasteiger charge is 2.44. The summed E-state index contributed by atoms with van der Waals surface area (Å²) in [5.41, 5.74) is 0. The molecule has 2 aliphatic heterocycles. The minimum Gasteiger partial charge on any atom is -0.468 e. The summed E-state index contributed by atoms with van der Waals surface area (Å²) in [7, 11) is 1.86. The summed E-state index contributed by atoms with van der Waals surface area (Å²) in [5, 5.41) is 0. The van der Waals surface area contributed by atoms with E-state index in [4.69, 9.17) is 9.15 Å². The van der Waals surface area contributed by atoms with Crippen LogP contribution in [0.4, 0.5) is 0 Å². The Bertz CT molecular complexity index is 632. The predicted octanol–water partition coefficient (Wildman–Crippen LogP) is 0.855. The van der Waals surface area contributed by atoms with Crippen molar-refractivity contribution in [2.45, 2.75) is 19.1 Å². The van der Waals surface area contributed by atoms with Gasteiger partial charge in [0.2, 0.25) is 0 Å². The van der Waals surface area contributed by atoms with E-state index in [1.807, 2.05) is 19.2 Å². The normalized spacial score (nSPS) is 28.6. The third-order valence-corrected chi connectivity index (χ3v) is 6.96. The van der Waals surface area contributed by atoms with Gasteiger partial charge in [0.25, 0.3) is 10.2 Å². The van der Waals surface area contributed by atoms with Gasteiger partial charge < -0.3 is 9.15 Å². The van der Waals surface area contributed by atoms with Gasteiger partial charge in [-0.15, -0.1) is 0 Å². The Balaban J connectivity index is 1.62. The molecule has 0 aromatic carbocycles. The molecule has 0 amide bonds. The van der Waals surface area contributed by atoms with E-state index in [0.717, 1.165) is 31.9 Å². The number of rotatable bonds is 6. The maximum absolute atomic E-state index is 12.4. The smallest absolute Gasteiger partial charge is 0.281 e. The van der Waals surface area contributed by atoms with Crippen molar-refractivity contribution < 1.29 is 17.6 Å². The van der Waals surface area contributed by atoms with Crippen LogP contribution in [-0.4, -0.2) is 75.4 Å². The topological polar surface area (TPSA) is 66.2 Å². The first-order valence-corrected chi connectivity index (χ1v) is 9.77. The minimum atomic E-state index is -3.35. The first-order valence-electron chi connectivity index (χ1n) is 8.38. The van der Waals surface area contributed by atoms with Gasteiger partial charge in [0, 0.05) is 39.6 Å². The number of hydrogen-bond donors (Lipinski definition) is 0. The average molecular weight is 357 g/mol. The lowest BCUT2D eigenvalue weighted by molar-refractivity contribution is 0.0541. The van der Waals surface area contributed by atoms with Crippen molar-refractivity contribution in [2.75, 3.05) is 47.4 Å². The van der Waals surface area contributed by atoms with Crippen LogP contribution in [0.2, 0.25) is 0 Å². The SMILES string of the molecule is CN(Cc1ccco1)C[C@H]1OC[C@@H]2CCN(S(=O)(=O)N(C)C)C[C@@H]21. The summed E-state index contributed by atoms with van der Waals surface area (Å²) in [6.07, 6.45) is 2.61. The predicted molar refractivity (Wildman–Crippen MR) is 90.6 cm³/mol. The van der Waals surface area contributed by atoms with Crippen molar-refractivity contribution >= 4 is 10.2 Å². The monoisotopic (exact) mass is 357 g/mol. The van der Waals surface area contributed by atoms with E-state index in [-0.39, 0.29) is 12.0 Å². The number of ether oxygens (including phenoxy) is 1. The van der Waals surface area contributed by atoms with Crippen LogP contribution in [-0.2, 0) is 21.5 Å². The molecule has 3 atom stereocenters. The zero-order valence-electron chi connectivity index (χ0n) is 14.6. The Morgan fingerprint density at radius 2 is 2.12 bits per heavy atom. The maximum atomic E-state index is 12.4. The van der Waals surface area contributed by atoms with E-state index in [2.05, 4.69) is 4.90 Å². The summed E-state index contributed by atoms with van der Waals surface area (Å²) >= 11 is 0. The van der Waals surface area contributed by atoms with Gasteiger partial charge in [-0.1, -0.05) is 0 Å². The van der Waals surface area contributed by atoms with Gasteiger partial charge in [0.15, 0.2) is 0 Å². The highest BCUT2D eigenvalue weighted by Crippen LogP contribution is 2.35. The van der Waals surface area contributed by atoms with Crippen molar-refractivity contribution in [2.24, 2.45) is 11.8 Å². The zero-order valence-corrected chi connectivity index (χ0v) is 15.4. The van der Waals surface area contributed by atoms with E-state index in [0.29, 0.717) is 19.0 Å². The van der Waals surface area contributed by atoms with Gasteiger partial charge in [-0.3, -0.25) is 4.90 Å². The molecule has 0 radical (unpaired) electrons. The summed E-state index contributed by atoms with van der Waals surface area (Å²) in [6, 6.07) is 3.84. The van der Waals surface area contributed by atoms with Crippen LogP contribution in [0.25, 0.3) is 0 Å². The lowest BCUT2D eigenvalue weighted by atomic mass is 9.85. The number of likely N-dealkylation sites (N-methyl/N-ethyl adjacent to an activating group) is 1. The molecular weight excluding hydrogens is 330 g/mol. The molecule has 0 N–H and O–H groups in total. The standard InChI is InChI=1S/C16H27N3O4S/c1-17(2)24(20,21)19-7-6-13-12-23-16(15(13)10-19)11-18(3)9-14-5-4-8-22-14/h4-5,8,13,15-16H,6-7,9-12H2,1-3H3/t13-,15-,16+/m0/s1. The summed E-state index contributed by atoms with van der Waals surface area (Å²) in [5.74, 6) is 1.64. The van der Waals surface area contributed by atoms with E-state index in [1.165, 1.54) is 4.31 Å². The van der Waals surface area contributed by atoms with Gasteiger partial charge in [-0.2, -0.15) is 17.0 Å². The molecule has 1 aromatic heterocycles. The van der Waals surface area contributed by atoms with Crippen LogP contribution >= 0.6 is 0 Å². The fraction of sp³-hybridized carbons (Fsp3) is 0.750. The van der Waals surface area contributed by atoms with E-state index in [1.54, 1.807) is 24.7 Å². The molecule has 2 fully saturated rings. The Morgan fingerprint density at radius 1 is 1.33 bits per heavy atom. The second-order valence-electron chi connectivity index (χ2n) is 7.01. The molecule has 0 bridgehead atoms. The van der Waals surface area contributed by atoms with Crippen molar-refractivity contribution in [3.05, 3.63) is 24.2 Å². The Hall–Kier alpha value is -0.930. The largest absolute Gasteiger partial charge is 0.468 e. The average Bonchev–Trinajstić information content (AvgIpc) is 3.17. The quantitative estimate of drug-likeness (QED) is 0.755. The molecule has 136 valence electrons. The van der Waals surface area contributed by atoms with Crippen LogP contribution in [0, 0.1) is 11.8 Å². The molecule has 0 aliphatic carbocycles. The van der Waals surface area contributed by atoms with Gasteiger partial charge >= 0.3 is 0 Å². The molecule has 0 saturated carbocycles. The highest BCUT2D eigenvalue weighted by atomic mass is 32.2. The van der Waals surface area contributed by atoms with Crippen molar-refractivity contribution in [3.63, 3.8) is 0 Å². The third kappa shape index (κ3) is 3.67. The Kier molecular flexibility index (Phi) is 5.31. The molecule has 1 aromatic rings. The molecule has 0 spiro atoms. The summed E-state index contributed by atoms with van der Waals surface area (Å²) in [4.78, 5) is 2.17. The molecular formula is C16H27N3O4S.